The molecule has 0 fully saturated rings. The first-order valence-electron chi connectivity index (χ1n) is 7.63. The molecule has 2 aromatic rings. The second kappa shape index (κ2) is 7.57. The fraction of sp³-hybridized carbons (Fsp3) is 0.333. The first-order chi connectivity index (χ1) is 11.3. The van der Waals surface area contributed by atoms with Crippen molar-refractivity contribution in [2.75, 3.05) is 13.2 Å². The molecule has 0 heterocycles. The summed E-state index contributed by atoms with van der Waals surface area (Å²) in [4.78, 5) is 0. The molecule has 0 saturated carbocycles. The molecule has 0 aliphatic heterocycles. The van der Waals surface area contributed by atoms with E-state index >= 15 is 0 Å². The van der Waals surface area contributed by atoms with Crippen molar-refractivity contribution in [3.63, 3.8) is 0 Å². The van der Waals surface area contributed by atoms with E-state index in [4.69, 9.17) is 10.5 Å². The highest BCUT2D eigenvalue weighted by atomic mass is 19.4. The SMILES string of the molecule is CC(C)c1ccc(-c2ccc(OC(F)(F)F)c(OCCN)c2)cc1. The molecule has 0 aromatic heterocycles. The van der Waals surface area contributed by atoms with Gasteiger partial charge in [0.05, 0.1) is 0 Å². The van der Waals surface area contributed by atoms with Crippen LogP contribution in [0.5, 0.6) is 11.5 Å². The number of hydrogen-bond acceptors (Lipinski definition) is 3. The fourth-order valence-electron chi connectivity index (χ4n) is 2.24. The Morgan fingerprint density at radius 2 is 1.58 bits per heavy atom. The minimum Gasteiger partial charge on any atom is -0.488 e. The molecule has 0 atom stereocenters. The van der Waals surface area contributed by atoms with Crippen LogP contribution in [-0.4, -0.2) is 19.5 Å². The van der Waals surface area contributed by atoms with Gasteiger partial charge in [-0.2, -0.15) is 0 Å². The van der Waals surface area contributed by atoms with E-state index in [1.54, 1.807) is 6.07 Å². The van der Waals surface area contributed by atoms with Crippen molar-refractivity contribution < 1.29 is 22.6 Å². The van der Waals surface area contributed by atoms with Crippen molar-refractivity contribution in [1.82, 2.24) is 0 Å². The van der Waals surface area contributed by atoms with Crippen LogP contribution in [0.25, 0.3) is 11.1 Å². The van der Waals surface area contributed by atoms with Gasteiger partial charge in [0.2, 0.25) is 0 Å². The summed E-state index contributed by atoms with van der Waals surface area (Å²) in [6.45, 7) is 4.48. The Kier molecular flexibility index (Phi) is 5.72. The molecule has 6 heteroatoms. The summed E-state index contributed by atoms with van der Waals surface area (Å²) in [5.41, 5.74) is 8.18. The summed E-state index contributed by atoms with van der Waals surface area (Å²) in [5.74, 6) is 0.0479. The average molecular weight is 339 g/mol. The van der Waals surface area contributed by atoms with Gasteiger partial charge in [-0.3, -0.25) is 0 Å². The van der Waals surface area contributed by atoms with Crippen molar-refractivity contribution >= 4 is 0 Å². The molecule has 0 saturated heterocycles. The van der Waals surface area contributed by atoms with Crippen LogP contribution in [0.4, 0.5) is 13.2 Å². The number of rotatable bonds is 6. The molecule has 130 valence electrons. The zero-order valence-corrected chi connectivity index (χ0v) is 13.6. The number of nitrogens with two attached hydrogens (primary N) is 1. The molecule has 2 aromatic carbocycles. The molecule has 2 N–H and O–H groups in total. The highest BCUT2D eigenvalue weighted by Gasteiger charge is 2.32. The van der Waals surface area contributed by atoms with Crippen LogP contribution in [0.2, 0.25) is 0 Å². The predicted molar refractivity (Wildman–Crippen MR) is 87.2 cm³/mol. The normalized spacial score (nSPS) is 11.6. The highest BCUT2D eigenvalue weighted by molar-refractivity contribution is 5.67. The second-order valence-corrected chi connectivity index (χ2v) is 5.62. The van der Waals surface area contributed by atoms with Gasteiger partial charge in [-0.25, -0.2) is 0 Å². The largest absolute Gasteiger partial charge is 0.573 e. The van der Waals surface area contributed by atoms with Gasteiger partial charge in [0, 0.05) is 6.54 Å². The topological polar surface area (TPSA) is 44.5 Å². The quantitative estimate of drug-likeness (QED) is 0.829. The average Bonchev–Trinajstić information content (AvgIpc) is 2.52. The number of benzene rings is 2. The monoisotopic (exact) mass is 339 g/mol. The van der Waals surface area contributed by atoms with Gasteiger partial charge >= 0.3 is 6.36 Å². The van der Waals surface area contributed by atoms with Gasteiger partial charge < -0.3 is 15.2 Å². The summed E-state index contributed by atoms with van der Waals surface area (Å²) in [7, 11) is 0. The third kappa shape index (κ3) is 4.89. The third-order valence-corrected chi connectivity index (χ3v) is 3.46. The molecular formula is C18H20F3NO2. The van der Waals surface area contributed by atoms with E-state index in [0.29, 0.717) is 5.92 Å². The standard InChI is InChI=1S/C18H20F3NO2/c1-12(2)13-3-5-14(6-4-13)15-7-8-16(24-18(19,20)21)17(11-15)23-10-9-22/h3-8,11-12H,9-10,22H2,1-2H3. The lowest BCUT2D eigenvalue weighted by Crippen LogP contribution is -2.18. The fourth-order valence-corrected chi connectivity index (χ4v) is 2.24. The van der Waals surface area contributed by atoms with E-state index in [0.717, 1.165) is 11.1 Å². The second-order valence-electron chi connectivity index (χ2n) is 5.62. The molecule has 24 heavy (non-hydrogen) atoms. The van der Waals surface area contributed by atoms with Crippen molar-refractivity contribution in [2.24, 2.45) is 5.73 Å². The summed E-state index contributed by atoms with van der Waals surface area (Å²) in [5, 5.41) is 0. The Balaban J connectivity index is 2.33. The summed E-state index contributed by atoms with van der Waals surface area (Å²) >= 11 is 0. The van der Waals surface area contributed by atoms with Crippen molar-refractivity contribution in [3.05, 3.63) is 48.0 Å². The molecule has 0 radical (unpaired) electrons. The Bertz CT molecular complexity index is 667. The van der Waals surface area contributed by atoms with Gasteiger partial charge in [-0.15, -0.1) is 13.2 Å². The van der Waals surface area contributed by atoms with Gasteiger partial charge in [-0.05, 0) is 34.7 Å². The van der Waals surface area contributed by atoms with E-state index in [1.807, 2.05) is 24.3 Å². The highest BCUT2D eigenvalue weighted by Crippen LogP contribution is 2.36. The Labute approximate surface area is 139 Å². The first-order valence-corrected chi connectivity index (χ1v) is 7.63. The third-order valence-electron chi connectivity index (χ3n) is 3.46. The Morgan fingerprint density at radius 3 is 2.12 bits per heavy atom. The Morgan fingerprint density at radius 1 is 0.958 bits per heavy atom. The number of alkyl halides is 3. The van der Waals surface area contributed by atoms with E-state index in [2.05, 4.69) is 18.6 Å². The molecule has 2 rings (SSSR count). The lowest BCUT2D eigenvalue weighted by Gasteiger charge is -2.15. The molecule has 0 bridgehead atoms. The van der Waals surface area contributed by atoms with Gasteiger partial charge in [-0.1, -0.05) is 44.2 Å². The van der Waals surface area contributed by atoms with Crippen LogP contribution < -0.4 is 15.2 Å². The zero-order chi connectivity index (χ0) is 17.7. The van der Waals surface area contributed by atoms with Crippen LogP contribution in [0.3, 0.4) is 0 Å². The van der Waals surface area contributed by atoms with Crippen LogP contribution in [0.15, 0.2) is 42.5 Å². The maximum atomic E-state index is 12.5. The predicted octanol–water partition coefficient (Wildman–Crippen LogP) is 4.71. The minimum atomic E-state index is -4.78. The van der Waals surface area contributed by atoms with Crippen molar-refractivity contribution in [1.29, 1.82) is 0 Å². The number of hydrogen-bond donors (Lipinski definition) is 1. The van der Waals surface area contributed by atoms with E-state index < -0.39 is 6.36 Å². The lowest BCUT2D eigenvalue weighted by molar-refractivity contribution is -0.275. The van der Waals surface area contributed by atoms with Gasteiger partial charge in [0.25, 0.3) is 0 Å². The van der Waals surface area contributed by atoms with E-state index in [-0.39, 0.29) is 24.7 Å². The molecule has 0 amide bonds. The zero-order valence-electron chi connectivity index (χ0n) is 13.6. The molecule has 0 spiro atoms. The van der Waals surface area contributed by atoms with Crippen LogP contribution >= 0.6 is 0 Å². The minimum absolute atomic E-state index is 0.0169. The van der Waals surface area contributed by atoms with Crippen molar-refractivity contribution in [2.45, 2.75) is 26.1 Å². The molecule has 0 aliphatic rings. The molecule has 0 unspecified atom stereocenters. The summed E-state index contributed by atoms with van der Waals surface area (Å²) in [6.07, 6.45) is -4.78. The maximum Gasteiger partial charge on any atom is 0.573 e. The van der Waals surface area contributed by atoms with Crippen LogP contribution in [0, 0.1) is 0 Å². The van der Waals surface area contributed by atoms with E-state index in [1.165, 1.54) is 17.7 Å². The lowest BCUT2D eigenvalue weighted by atomic mass is 9.98. The molecule has 0 aliphatic carbocycles. The number of halogens is 3. The van der Waals surface area contributed by atoms with Crippen LogP contribution in [-0.2, 0) is 0 Å². The van der Waals surface area contributed by atoms with E-state index in [9.17, 15) is 13.2 Å². The van der Waals surface area contributed by atoms with Gasteiger partial charge in [0.1, 0.15) is 6.61 Å². The van der Waals surface area contributed by atoms with Gasteiger partial charge in [0.15, 0.2) is 11.5 Å². The Hall–Kier alpha value is -2.21. The smallest absolute Gasteiger partial charge is 0.488 e. The molecule has 3 nitrogen and oxygen atoms in total. The van der Waals surface area contributed by atoms with Crippen LogP contribution in [0.1, 0.15) is 25.3 Å². The summed E-state index contributed by atoms with van der Waals surface area (Å²) < 4.78 is 46.8. The maximum absolute atomic E-state index is 12.5. The van der Waals surface area contributed by atoms with Crippen molar-refractivity contribution in [3.8, 4) is 22.6 Å². The molecular weight excluding hydrogens is 319 g/mol. The first kappa shape index (κ1) is 18.1. The number of ether oxygens (including phenoxy) is 2. The summed E-state index contributed by atoms with van der Waals surface area (Å²) in [6, 6.07) is 12.2.